The molecular formula is C14H21BrFN3O. The van der Waals surface area contributed by atoms with E-state index >= 15 is 0 Å². The van der Waals surface area contributed by atoms with Gasteiger partial charge in [-0.25, -0.2) is 4.39 Å². The Balaban J connectivity index is 2.54. The molecule has 0 heterocycles. The predicted molar refractivity (Wildman–Crippen MR) is 83.4 cm³/mol. The van der Waals surface area contributed by atoms with E-state index in [0.29, 0.717) is 24.6 Å². The number of nitrogens with one attached hydrogen (secondary N) is 2. The van der Waals surface area contributed by atoms with Crippen molar-refractivity contribution in [1.82, 2.24) is 10.6 Å². The van der Waals surface area contributed by atoms with Gasteiger partial charge in [-0.2, -0.15) is 0 Å². The standard InChI is InChI=1S/C14H21BrFN3O/c1-14(2,20-4)9-19-13(17-3)18-8-10-5-6-11(15)7-12(10)16/h5-7H,8-9H2,1-4H3,(H2,17,18,19). The Morgan fingerprint density at radius 3 is 2.65 bits per heavy atom. The van der Waals surface area contributed by atoms with E-state index in [9.17, 15) is 4.39 Å². The van der Waals surface area contributed by atoms with Gasteiger partial charge < -0.3 is 15.4 Å². The number of methoxy groups -OCH3 is 1. The van der Waals surface area contributed by atoms with E-state index in [1.807, 2.05) is 19.9 Å². The quantitative estimate of drug-likeness (QED) is 0.637. The van der Waals surface area contributed by atoms with E-state index in [0.717, 1.165) is 4.47 Å². The summed E-state index contributed by atoms with van der Waals surface area (Å²) < 4.78 is 19.7. The van der Waals surface area contributed by atoms with Crippen molar-refractivity contribution in [3.63, 3.8) is 0 Å². The van der Waals surface area contributed by atoms with Crippen molar-refractivity contribution in [3.8, 4) is 0 Å². The van der Waals surface area contributed by atoms with Gasteiger partial charge in [-0.15, -0.1) is 0 Å². The molecular weight excluding hydrogens is 325 g/mol. The number of aliphatic imine (C=N–C) groups is 1. The second-order valence-electron chi connectivity index (χ2n) is 4.98. The number of hydrogen-bond acceptors (Lipinski definition) is 2. The van der Waals surface area contributed by atoms with Gasteiger partial charge >= 0.3 is 0 Å². The molecule has 0 fully saturated rings. The Bertz CT molecular complexity index is 477. The Kier molecular flexibility index (Phi) is 6.42. The molecule has 0 bridgehead atoms. The number of ether oxygens (including phenoxy) is 1. The summed E-state index contributed by atoms with van der Waals surface area (Å²) in [7, 11) is 3.34. The molecule has 0 aliphatic rings. The van der Waals surface area contributed by atoms with Crippen molar-refractivity contribution in [1.29, 1.82) is 0 Å². The van der Waals surface area contributed by atoms with Crippen LogP contribution >= 0.6 is 15.9 Å². The van der Waals surface area contributed by atoms with Crippen LogP contribution in [-0.4, -0.2) is 32.3 Å². The first-order valence-electron chi connectivity index (χ1n) is 6.31. The van der Waals surface area contributed by atoms with E-state index in [4.69, 9.17) is 4.74 Å². The maximum absolute atomic E-state index is 13.7. The second kappa shape index (κ2) is 7.59. The summed E-state index contributed by atoms with van der Waals surface area (Å²) >= 11 is 3.23. The number of hydrogen-bond donors (Lipinski definition) is 2. The molecule has 0 aliphatic carbocycles. The summed E-state index contributed by atoms with van der Waals surface area (Å²) in [5.74, 6) is 0.358. The summed E-state index contributed by atoms with van der Waals surface area (Å²) in [6.07, 6.45) is 0. The lowest BCUT2D eigenvalue weighted by molar-refractivity contribution is 0.0268. The molecule has 1 aromatic rings. The summed E-state index contributed by atoms with van der Waals surface area (Å²) in [5.41, 5.74) is 0.294. The van der Waals surface area contributed by atoms with Crippen molar-refractivity contribution in [2.45, 2.75) is 26.0 Å². The monoisotopic (exact) mass is 345 g/mol. The lowest BCUT2D eigenvalue weighted by Crippen LogP contribution is -2.45. The molecule has 0 spiro atoms. The maximum Gasteiger partial charge on any atom is 0.191 e. The Morgan fingerprint density at radius 1 is 1.40 bits per heavy atom. The maximum atomic E-state index is 13.7. The van der Waals surface area contributed by atoms with Crippen LogP contribution in [0.2, 0.25) is 0 Å². The minimum absolute atomic E-state index is 0.250. The second-order valence-corrected chi connectivity index (χ2v) is 5.89. The highest BCUT2D eigenvalue weighted by Crippen LogP contribution is 2.15. The lowest BCUT2D eigenvalue weighted by atomic mass is 10.1. The van der Waals surface area contributed by atoms with E-state index in [-0.39, 0.29) is 11.4 Å². The van der Waals surface area contributed by atoms with Crippen molar-refractivity contribution in [2.75, 3.05) is 20.7 Å². The first-order valence-corrected chi connectivity index (χ1v) is 7.11. The molecule has 1 aromatic carbocycles. The third-order valence-electron chi connectivity index (χ3n) is 2.92. The van der Waals surface area contributed by atoms with Crippen LogP contribution in [0.1, 0.15) is 19.4 Å². The molecule has 0 saturated heterocycles. The van der Waals surface area contributed by atoms with Gasteiger partial charge in [0.2, 0.25) is 0 Å². The fourth-order valence-corrected chi connectivity index (χ4v) is 1.77. The van der Waals surface area contributed by atoms with Crippen LogP contribution in [-0.2, 0) is 11.3 Å². The van der Waals surface area contributed by atoms with E-state index in [1.54, 1.807) is 20.2 Å². The van der Waals surface area contributed by atoms with Crippen LogP contribution in [0.4, 0.5) is 4.39 Å². The van der Waals surface area contributed by atoms with E-state index in [2.05, 4.69) is 31.6 Å². The Morgan fingerprint density at radius 2 is 2.10 bits per heavy atom. The van der Waals surface area contributed by atoms with Gasteiger partial charge in [-0.05, 0) is 26.0 Å². The van der Waals surface area contributed by atoms with Crippen molar-refractivity contribution in [2.24, 2.45) is 4.99 Å². The van der Waals surface area contributed by atoms with E-state index < -0.39 is 0 Å². The normalized spacial score (nSPS) is 12.4. The number of nitrogens with zero attached hydrogens (tertiary/aromatic N) is 1. The first-order chi connectivity index (χ1) is 9.38. The average molecular weight is 346 g/mol. The van der Waals surface area contributed by atoms with Gasteiger partial charge in [0.05, 0.1) is 5.60 Å². The van der Waals surface area contributed by atoms with Gasteiger partial charge in [0.25, 0.3) is 0 Å². The summed E-state index contributed by atoms with van der Waals surface area (Å²) in [6, 6.07) is 4.99. The number of rotatable bonds is 5. The summed E-state index contributed by atoms with van der Waals surface area (Å²) in [4.78, 5) is 4.09. The van der Waals surface area contributed by atoms with Crippen molar-refractivity contribution >= 4 is 21.9 Å². The minimum Gasteiger partial charge on any atom is -0.377 e. The van der Waals surface area contributed by atoms with Crippen LogP contribution in [0, 0.1) is 5.82 Å². The van der Waals surface area contributed by atoms with Gasteiger partial charge in [0.1, 0.15) is 5.82 Å². The van der Waals surface area contributed by atoms with Crippen LogP contribution in [0.15, 0.2) is 27.7 Å². The first kappa shape index (κ1) is 16.9. The van der Waals surface area contributed by atoms with Crippen LogP contribution in [0.25, 0.3) is 0 Å². The molecule has 0 amide bonds. The highest BCUT2D eigenvalue weighted by atomic mass is 79.9. The van der Waals surface area contributed by atoms with Gasteiger partial charge in [0, 0.05) is 37.3 Å². The molecule has 0 radical (unpaired) electrons. The zero-order valence-corrected chi connectivity index (χ0v) is 13.8. The highest BCUT2D eigenvalue weighted by Gasteiger charge is 2.16. The molecule has 20 heavy (non-hydrogen) atoms. The van der Waals surface area contributed by atoms with Crippen LogP contribution < -0.4 is 10.6 Å². The number of halogens is 2. The lowest BCUT2D eigenvalue weighted by Gasteiger charge is -2.24. The van der Waals surface area contributed by atoms with Crippen LogP contribution in [0.3, 0.4) is 0 Å². The third-order valence-corrected chi connectivity index (χ3v) is 3.41. The predicted octanol–water partition coefficient (Wildman–Crippen LogP) is 2.68. The SMILES string of the molecule is CN=C(NCc1ccc(Br)cc1F)NCC(C)(C)OC. The molecule has 0 atom stereocenters. The zero-order valence-electron chi connectivity index (χ0n) is 12.3. The molecule has 4 nitrogen and oxygen atoms in total. The van der Waals surface area contributed by atoms with Gasteiger partial charge in [-0.1, -0.05) is 22.0 Å². The Hall–Kier alpha value is -1.14. The molecule has 2 N–H and O–H groups in total. The van der Waals surface area contributed by atoms with Crippen molar-refractivity contribution < 1.29 is 9.13 Å². The average Bonchev–Trinajstić information content (AvgIpc) is 2.41. The zero-order chi connectivity index (χ0) is 15.2. The molecule has 0 saturated carbocycles. The molecule has 1 rings (SSSR count). The smallest absolute Gasteiger partial charge is 0.191 e. The number of benzene rings is 1. The van der Waals surface area contributed by atoms with Crippen LogP contribution in [0.5, 0.6) is 0 Å². The highest BCUT2D eigenvalue weighted by molar-refractivity contribution is 9.10. The van der Waals surface area contributed by atoms with E-state index in [1.165, 1.54) is 6.07 Å². The topological polar surface area (TPSA) is 45.7 Å². The summed E-state index contributed by atoms with van der Waals surface area (Å²) in [5, 5.41) is 6.21. The molecule has 0 aromatic heterocycles. The molecule has 6 heteroatoms. The fraction of sp³-hybridized carbons (Fsp3) is 0.500. The third kappa shape index (κ3) is 5.46. The van der Waals surface area contributed by atoms with Gasteiger partial charge in [0.15, 0.2) is 5.96 Å². The fourth-order valence-electron chi connectivity index (χ4n) is 1.43. The Labute approximate surface area is 127 Å². The number of guanidine groups is 1. The largest absolute Gasteiger partial charge is 0.377 e. The van der Waals surface area contributed by atoms with Gasteiger partial charge in [-0.3, -0.25) is 4.99 Å². The molecule has 112 valence electrons. The molecule has 0 unspecified atom stereocenters. The molecule has 0 aliphatic heterocycles. The minimum atomic E-state index is -0.291. The van der Waals surface area contributed by atoms with Crippen molar-refractivity contribution in [3.05, 3.63) is 34.1 Å². The summed E-state index contributed by atoms with van der Waals surface area (Å²) in [6.45, 7) is 4.92.